The van der Waals surface area contributed by atoms with E-state index < -0.39 is 0 Å². The van der Waals surface area contributed by atoms with E-state index in [1.807, 2.05) is 35.5 Å². The number of benzene rings is 2. The predicted octanol–water partition coefficient (Wildman–Crippen LogP) is 4.10. The lowest BCUT2D eigenvalue weighted by molar-refractivity contribution is -0.132. The molecule has 0 radical (unpaired) electrons. The van der Waals surface area contributed by atoms with Crippen LogP contribution in [0.1, 0.15) is 12.0 Å². The van der Waals surface area contributed by atoms with Crippen molar-refractivity contribution in [3.05, 3.63) is 83.4 Å². The van der Waals surface area contributed by atoms with E-state index in [1.54, 1.807) is 16.8 Å². The number of nitrogens with zero attached hydrogens (tertiary/aromatic N) is 5. The maximum atomic E-state index is 13.2. The van der Waals surface area contributed by atoms with Crippen molar-refractivity contribution in [1.82, 2.24) is 19.6 Å². The third-order valence-corrected chi connectivity index (χ3v) is 6.74. The molecule has 2 aromatic carbocycles. The van der Waals surface area contributed by atoms with Gasteiger partial charge in [0.1, 0.15) is 5.82 Å². The molecule has 0 bridgehead atoms. The molecule has 0 unspecified atom stereocenters. The zero-order chi connectivity index (χ0) is 23.5. The number of carbonyl (C=O) groups excluding carboxylic acids is 1. The van der Waals surface area contributed by atoms with Crippen LogP contribution in [0, 0.1) is 5.82 Å². The highest BCUT2D eigenvalue weighted by Gasteiger charge is 2.24. The minimum absolute atomic E-state index is 0.187. The molecular formula is C26H27ClFN5O. The zero-order valence-electron chi connectivity index (χ0n) is 18.9. The minimum Gasteiger partial charge on any atom is -0.368 e. The molecule has 5 rings (SSSR count). The summed E-state index contributed by atoms with van der Waals surface area (Å²) >= 11 is 6.12. The number of carbonyl (C=O) groups is 1. The van der Waals surface area contributed by atoms with Crippen LogP contribution in [-0.2, 0) is 4.79 Å². The Morgan fingerprint density at radius 3 is 2.50 bits per heavy atom. The number of anilines is 1. The van der Waals surface area contributed by atoms with E-state index in [0.717, 1.165) is 67.7 Å². The van der Waals surface area contributed by atoms with Crippen molar-refractivity contribution in [2.24, 2.45) is 0 Å². The number of amides is 1. The lowest BCUT2D eigenvalue weighted by Gasteiger charge is -2.37. The Bertz CT molecular complexity index is 1180. The summed E-state index contributed by atoms with van der Waals surface area (Å²) in [5.41, 5.74) is 4.22. The summed E-state index contributed by atoms with van der Waals surface area (Å²) in [6.07, 6.45) is 6.86. The van der Waals surface area contributed by atoms with Gasteiger partial charge in [-0.05, 0) is 54.5 Å². The minimum atomic E-state index is -0.260. The maximum absolute atomic E-state index is 13.2. The van der Waals surface area contributed by atoms with Crippen molar-refractivity contribution >= 4 is 28.8 Å². The molecule has 2 aliphatic rings. The van der Waals surface area contributed by atoms with Crippen molar-refractivity contribution in [3.63, 3.8) is 0 Å². The molecule has 3 aromatic rings. The Hall–Kier alpha value is -3.16. The molecule has 0 aliphatic carbocycles. The topological polar surface area (TPSA) is 44.6 Å². The SMILES string of the molecule is O=C(CN1CC=C(c2cnn(-c3ccc(F)cc3)c2)CC1)N1CCN(c2cccc(Cl)c2)CC1. The van der Waals surface area contributed by atoms with Gasteiger partial charge in [0.2, 0.25) is 5.91 Å². The Morgan fingerprint density at radius 2 is 1.79 bits per heavy atom. The van der Waals surface area contributed by atoms with Gasteiger partial charge in [0, 0.05) is 61.7 Å². The van der Waals surface area contributed by atoms with Crippen LogP contribution in [0.4, 0.5) is 10.1 Å². The largest absolute Gasteiger partial charge is 0.368 e. The van der Waals surface area contributed by atoms with Crippen molar-refractivity contribution in [2.45, 2.75) is 6.42 Å². The van der Waals surface area contributed by atoms with E-state index in [2.05, 4.69) is 27.0 Å². The van der Waals surface area contributed by atoms with Gasteiger partial charge in [0.15, 0.2) is 0 Å². The fraction of sp³-hybridized carbons (Fsp3) is 0.308. The second-order valence-corrected chi connectivity index (χ2v) is 9.15. The lowest BCUT2D eigenvalue weighted by atomic mass is 10.0. The Labute approximate surface area is 203 Å². The van der Waals surface area contributed by atoms with E-state index in [1.165, 1.54) is 17.7 Å². The van der Waals surface area contributed by atoms with Gasteiger partial charge in [-0.25, -0.2) is 9.07 Å². The van der Waals surface area contributed by atoms with Gasteiger partial charge < -0.3 is 9.80 Å². The average molecular weight is 480 g/mol. The molecule has 0 atom stereocenters. The van der Waals surface area contributed by atoms with Crippen LogP contribution in [-0.4, -0.2) is 71.3 Å². The molecule has 176 valence electrons. The lowest BCUT2D eigenvalue weighted by Crippen LogP contribution is -2.51. The first-order chi connectivity index (χ1) is 16.5. The summed E-state index contributed by atoms with van der Waals surface area (Å²) in [5, 5.41) is 5.15. The highest BCUT2D eigenvalue weighted by Crippen LogP contribution is 2.24. The monoisotopic (exact) mass is 479 g/mol. The molecule has 6 nitrogen and oxygen atoms in total. The van der Waals surface area contributed by atoms with Gasteiger partial charge >= 0.3 is 0 Å². The van der Waals surface area contributed by atoms with E-state index in [9.17, 15) is 9.18 Å². The van der Waals surface area contributed by atoms with E-state index in [0.29, 0.717) is 6.54 Å². The van der Waals surface area contributed by atoms with Gasteiger partial charge in [0.25, 0.3) is 0 Å². The zero-order valence-corrected chi connectivity index (χ0v) is 19.7. The fourth-order valence-electron chi connectivity index (χ4n) is 4.52. The summed E-state index contributed by atoms with van der Waals surface area (Å²) in [5.74, 6) is -0.0736. The smallest absolute Gasteiger partial charge is 0.236 e. The fourth-order valence-corrected chi connectivity index (χ4v) is 4.70. The van der Waals surface area contributed by atoms with Gasteiger partial charge in [-0.15, -0.1) is 0 Å². The van der Waals surface area contributed by atoms with Crippen LogP contribution in [0.5, 0.6) is 0 Å². The summed E-state index contributed by atoms with van der Waals surface area (Å²) in [4.78, 5) is 19.3. The molecule has 2 aliphatic heterocycles. The van der Waals surface area contributed by atoms with E-state index >= 15 is 0 Å². The second-order valence-electron chi connectivity index (χ2n) is 8.71. The Kier molecular flexibility index (Phi) is 6.65. The molecule has 34 heavy (non-hydrogen) atoms. The Balaban J connectivity index is 1.12. The summed E-state index contributed by atoms with van der Waals surface area (Å²) in [7, 11) is 0. The van der Waals surface area contributed by atoms with Crippen LogP contribution in [0.2, 0.25) is 5.02 Å². The van der Waals surface area contributed by atoms with Crippen LogP contribution in [0.3, 0.4) is 0 Å². The predicted molar refractivity (Wildman–Crippen MR) is 133 cm³/mol. The molecule has 0 saturated carbocycles. The number of rotatable bonds is 5. The molecule has 1 aromatic heterocycles. The number of halogens is 2. The molecule has 1 amide bonds. The van der Waals surface area contributed by atoms with Crippen molar-refractivity contribution in [2.75, 3.05) is 50.7 Å². The third kappa shape index (κ3) is 5.16. The van der Waals surface area contributed by atoms with Crippen LogP contribution >= 0.6 is 11.6 Å². The molecule has 3 heterocycles. The van der Waals surface area contributed by atoms with Gasteiger partial charge in [-0.3, -0.25) is 9.69 Å². The normalized spacial score (nSPS) is 17.1. The van der Waals surface area contributed by atoms with Crippen LogP contribution < -0.4 is 4.90 Å². The van der Waals surface area contributed by atoms with Crippen molar-refractivity contribution in [3.8, 4) is 5.69 Å². The first kappa shape index (κ1) is 22.6. The van der Waals surface area contributed by atoms with E-state index in [-0.39, 0.29) is 11.7 Å². The van der Waals surface area contributed by atoms with Gasteiger partial charge in [-0.1, -0.05) is 23.7 Å². The molecule has 0 spiro atoms. The standard InChI is InChI=1S/C26H27ClFN5O/c27-22-2-1-3-25(16-22)31-12-14-32(15-13-31)26(34)19-30-10-8-20(9-11-30)21-17-29-33(18-21)24-6-4-23(28)5-7-24/h1-8,16-18H,9-15,19H2. The number of aromatic nitrogens is 2. The molecule has 1 fully saturated rings. The maximum Gasteiger partial charge on any atom is 0.236 e. The quantitative estimate of drug-likeness (QED) is 0.552. The number of hydrogen-bond acceptors (Lipinski definition) is 4. The number of piperazine rings is 1. The summed E-state index contributed by atoms with van der Waals surface area (Å²) in [6, 6.07) is 14.2. The second kappa shape index (κ2) is 9.99. The number of hydrogen-bond donors (Lipinski definition) is 0. The molecule has 0 N–H and O–H groups in total. The van der Waals surface area contributed by atoms with Gasteiger partial charge in [0.05, 0.1) is 18.4 Å². The summed E-state index contributed by atoms with van der Waals surface area (Å²) < 4.78 is 14.9. The summed E-state index contributed by atoms with van der Waals surface area (Å²) in [6.45, 7) is 5.09. The van der Waals surface area contributed by atoms with Crippen LogP contribution in [0.15, 0.2) is 67.0 Å². The van der Waals surface area contributed by atoms with Gasteiger partial charge in [-0.2, -0.15) is 5.10 Å². The van der Waals surface area contributed by atoms with Crippen LogP contribution in [0.25, 0.3) is 11.3 Å². The molecule has 8 heteroatoms. The molecular weight excluding hydrogens is 453 g/mol. The molecule has 1 saturated heterocycles. The van der Waals surface area contributed by atoms with Crippen molar-refractivity contribution < 1.29 is 9.18 Å². The average Bonchev–Trinajstić information content (AvgIpc) is 3.35. The highest BCUT2D eigenvalue weighted by molar-refractivity contribution is 6.30. The first-order valence-corrected chi connectivity index (χ1v) is 11.9. The Morgan fingerprint density at radius 1 is 1.00 bits per heavy atom. The third-order valence-electron chi connectivity index (χ3n) is 6.50. The van der Waals surface area contributed by atoms with E-state index in [4.69, 9.17) is 11.6 Å². The first-order valence-electron chi connectivity index (χ1n) is 11.6. The highest BCUT2D eigenvalue weighted by atomic mass is 35.5. The van der Waals surface area contributed by atoms with Crippen molar-refractivity contribution in [1.29, 1.82) is 0 Å².